The number of likely N-dealkylation sites (tertiary alicyclic amines) is 1. The molecule has 1 N–H and O–H groups in total. The topological polar surface area (TPSA) is 96.1 Å². The summed E-state index contributed by atoms with van der Waals surface area (Å²) in [5.74, 6) is -0.355. The predicted molar refractivity (Wildman–Crippen MR) is 150 cm³/mol. The minimum absolute atomic E-state index is 0.0126. The van der Waals surface area contributed by atoms with Crippen molar-refractivity contribution in [3.05, 3.63) is 86.4 Å². The van der Waals surface area contributed by atoms with Crippen molar-refractivity contribution in [3.8, 4) is 0 Å². The molecule has 3 aliphatic heterocycles. The molecule has 0 aromatic heterocycles. The summed E-state index contributed by atoms with van der Waals surface area (Å²) in [4.78, 5) is 28.9. The van der Waals surface area contributed by atoms with E-state index < -0.39 is 16.9 Å². The number of ether oxygens (including phenoxy) is 1. The Morgan fingerprint density at radius 2 is 1.95 bits per heavy atom. The van der Waals surface area contributed by atoms with E-state index in [0.717, 1.165) is 30.0 Å². The lowest BCUT2D eigenvalue weighted by atomic mass is 9.89. The smallest absolute Gasteiger partial charge is 0.269 e. The average molecular weight is 554 g/mol. The molecule has 10 heteroatoms. The first-order valence-electron chi connectivity index (χ1n) is 12.9. The van der Waals surface area contributed by atoms with Gasteiger partial charge in [-0.05, 0) is 61.8 Å². The zero-order chi connectivity index (χ0) is 27.0. The van der Waals surface area contributed by atoms with Gasteiger partial charge in [0.15, 0.2) is 0 Å². The SMILES string of the molecule is CC[C@H](O)[C@@H]1C(=O)N2C(C(=S)OCc3ccc([N+](=O)[O-])cc3)=C([C@H]3CCN(C(C)c4ccccc4)C3)S[C@H]12. The third kappa shape index (κ3) is 4.98. The number of nitrogens with zero attached hydrogens (tertiary/aromatic N) is 3. The van der Waals surface area contributed by atoms with Crippen LogP contribution in [-0.2, 0) is 16.1 Å². The Kier molecular flexibility index (Phi) is 7.85. The van der Waals surface area contributed by atoms with E-state index in [1.54, 1.807) is 28.8 Å². The number of hydrogen-bond acceptors (Lipinski definition) is 8. The van der Waals surface area contributed by atoms with Crippen LogP contribution in [0.1, 0.15) is 43.9 Å². The molecule has 0 spiro atoms. The van der Waals surface area contributed by atoms with E-state index >= 15 is 0 Å². The molecule has 3 heterocycles. The summed E-state index contributed by atoms with van der Waals surface area (Å²) in [5.41, 5.74) is 2.69. The quantitative estimate of drug-likeness (QED) is 0.200. The first-order valence-corrected chi connectivity index (χ1v) is 14.2. The van der Waals surface area contributed by atoms with Crippen molar-refractivity contribution < 1.29 is 19.6 Å². The van der Waals surface area contributed by atoms with Crippen molar-refractivity contribution in [1.82, 2.24) is 9.80 Å². The van der Waals surface area contributed by atoms with E-state index in [9.17, 15) is 20.0 Å². The molecule has 0 aliphatic carbocycles. The van der Waals surface area contributed by atoms with Gasteiger partial charge in [0.2, 0.25) is 11.0 Å². The van der Waals surface area contributed by atoms with Gasteiger partial charge in [-0.1, -0.05) is 37.3 Å². The first-order chi connectivity index (χ1) is 18.3. The van der Waals surface area contributed by atoms with E-state index in [-0.39, 0.29) is 40.6 Å². The van der Waals surface area contributed by atoms with Gasteiger partial charge in [0.05, 0.1) is 16.9 Å². The van der Waals surface area contributed by atoms with Crippen LogP contribution in [0.4, 0.5) is 5.69 Å². The van der Waals surface area contributed by atoms with Gasteiger partial charge < -0.3 is 9.84 Å². The van der Waals surface area contributed by atoms with Crippen LogP contribution in [0.15, 0.2) is 65.2 Å². The van der Waals surface area contributed by atoms with Crippen LogP contribution in [-0.4, -0.2) is 55.4 Å². The number of fused-ring (bicyclic) bond motifs is 1. The summed E-state index contributed by atoms with van der Waals surface area (Å²) >= 11 is 7.37. The van der Waals surface area contributed by atoms with Crippen LogP contribution in [0.3, 0.4) is 0 Å². The van der Waals surface area contributed by atoms with Crippen molar-refractivity contribution in [1.29, 1.82) is 0 Å². The number of carbonyl (C=O) groups excluding carboxylic acids is 1. The summed E-state index contributed by atoms with van der Waals surface area (Å²) < 4.78 is 5.99. The third-order valence-electron chi connectivity index (χ3n) is 7.77. The van der Waals surface area contributed by atoms with E-state index in [1.807, 2.05) is 13.0 Å². The second-order valence-electron chi connectivity index (χ2n) is 10.00. The Morgan fingerprint density at radius 1 is 1.24 bits per heavy atom. The normalized spacial score (nSPS) is 24.7. The maximum Gasteiger partial charge on any atom is 0.269 e. The Labute approximate surface area is 231 Å². The molecule has 2 aromatic rings. The van der Waals surface area contributed by atoms with E-state index in [4.69, 9.17) is 17.0 Å². The Hall–Kier alpha value is -2.79. The molecule has 5 rings (SSSR count). The first kappa shape index (κ1) is 26.8. The second-order valence-corrected chi connectivity index (χ2v) is 11.5. The summed E-state index contributed by atoms with van der Waals surface area (Å²) in [6.07, 6.45) is 0.771. The number of non-ortho nitro benzene ring substituents is 1. The van der Waals surface area contributed by atoms with Gasteiger partial charge >= 0.3 is 0 Å². The van der Waals surface area contributed by atoms with Gasteiger partial charge in [0, 0.05) is 35.5 Å². The number of nitro benzene ring substituents is 1. The van der Waals surface area contributed by atoms with Crippen LogP contribution >= 0.6 is 24.0 Å². The number of hydrogen-bond donors (Lipinski definition) is 1. The number of nitro groups is 1. The van der Waals surface area contributed by atoms with Gasteiger partial charge in [-0.15, -0.1) is 11.8 Å². The van der Waals surface area contributed by atoms with E-state index in [2.05, 4.69) is 36.1 Å². The molecule has 0 saturated carbocycles. The van der Waals surface area contributed by atoms with Gasteiger partial charge in [-0.25, -0.2) is 0 Å². The molecular weight excluding hydrogens is 522 g/mol. The Bertz CT molecular complexity index is 1250. The molecule has 0 bridgehead atoms. The maximum atomic E-state index is 13.2. The van der Waals surface area contributed by atoms with Crippen molar-refractivity contribution in [2.45, 2.75) is 50.8 Å². The molecular formula is C28H31N3O5S2. The minimum atomic E-state index is -0.690. The summed E-state index contributed by atoms with van der Waals surface area (Å²) in [5, 5.41) is 21.5. The molecule has 3 aliphatic rings. The van der Waals surface area contributed by atoms with Crippen LogP contribution in [0.5, 0.6) is 0 Å². The highest BCUT2D eigenvalue weighted by molar-refractivity contribution is 8.04. The van der Waals surface area contributed by atoms with Gasteiger partial charge in [0.1, 0.15) is 17.7 Å². The fourth-order valence-corrected chi connectivity index (χ4v) is 7.52. The highest BCUT2D eigenvalue weighted by atomic mass is 32.2. The molecule has 38 heavy (non-hydrogen) atoms. The summed E-state index contributed by atoms with van der Waals surface area (Å²) in [6, 6.07) is 16.9. The number of benzene rings is 2. The highest BCUT2D eigenvalue weighted by Crippen LogP contribution is 2.54. The fraction of sp³-hybridized carbons (Fsp3) is 0.429. The number of thioether (sulfide) groups is 1. The van der Waals surface area contributed by atoms with Gasteiger partial charge in [0.25, 0.3) is 5.69 Å². The fourth-order valence-electron chi connectivity index (χ4n) is 5.48. The zero-order valence-corrected chi connectivity index (χ0v) is 23.0. The molecule has 1 unspecified atom stereocenters. The number of thiocarbonyl (C=S) groups is 1. The second kappa shape index (κ2) is 11.1. The number of aliphatic hydroxyl groups is 1. The maximum absolute atomic E-state index is 13.2. The Morgan fingerprint density at radius 3 is 2.61 bits per heavy atom. The van der Waals surface area contributed by atoms with E-state index in [1.165, 1.54) is 17.7 Å². The van der Waals surface area contributed by atoms with Crippen LogP contribution in [0.2, 0.25) is 0 Å². The molecule has 5 atom stereocenters. The molecule has 2 aromatic carbocycles. The monoisotopic (exact) mass is 553 g/mol. The van der Waals surface area contributed by atoms with Crippen LogP contribution in [0.25, 0.3) is 0 Å². The number of β-lactam (4-membered cyclic amide) rings is 1. The highest BCUT2D eigenvalue weighted by Gasteiger charge is 2.58. The van der Waals surface area contributed by atoms with Crippen LogP contribution < -0.4 is 0 Å². The third-order valence-corrected chi connectivity index (χ3v) is 9.61. The number of aliphatic hydroxyl groups excluding tert-OH is 1. The molecule has 0 radical (unpaired) electrons. The Balaban J connectivity index is 1.35. The minimum Gasteiger partial charge on any atom is -0.477 e. The lowest BCUT2D eigenvalue weighted by Gasteiger charge is -2.44. The lowest BCUT2D eigenvalue weighted by Crippen LogP contribution is -2.61. The number of carbonyl (C=O) groups is 1. The molecule has 2 fully saturated rings. The standard InChI is InChI=1S/C28H31N3O5S2/c1-3-22(32)23-26(33)30-24(28(37)36-16-18-9-11-21(12-10-18)31(34)35)25(38-27(23)30)20-13-14-29(15-20)17(2)19-7-5-4-6-8-19/h4-12,17,20,22-23,27,32H,3,13-16H2,1-2H3/t17?,20-,22-,23+,27+/m0/s1. The molecule has 2 saturated heterocycles. The molecule has 200 valence electrons. The van der Waals surface area contributed by atoms with Gasteiger partial charge in [-0.2, -0.15) is 0 Å². The summed E-state index contributed by atoms with van der Waals surface area (Å²) in [6.45, 7) is 6.04. The van der Waals surface area contributed by atoms with Crippen molar-refractivity contribution in [2.75, 3.05) is 13.1 Å². The van der Waals surface area contributed by atoms with Crippen molar-refractivity contribution in [3.63, 3.8) is 0 Å². The average Bonchev–Trinajstić information content (AvgIpc) is 3.55. The van der Waals surface area contributed by atoms with Gasteiger partial charge in [-0.3, -0.25) is 24.7 Å². The largest absolute Gasteiger partial charge is 0.477 e. The molecule has 8 nitrogen and oxygen atoms in total. The summed E-state index contributed by atoms with van der Waals surface area (Å²) in [7, 11) is 0. The number of rotatable bonds is 9. The van der Waals surface area contributed by atoms with E-state index in [0.29, 0.717) is 12.1 Å². The van der Waals surface area contributed by atoms with Crippen molar-refractivity contribution in [2.24, 2.45) is 11.8 Å². The zero-order valence-electron chi connectivity index (χ0n) is 21.4. The predicted octanol–water partition coefficient (Wildman–Crippen LogP) is 5.04. The van der Waals surface area contributed by atoms with Crippen molar-refractivity contribution >= 4 is 40.6 Å². The lowest BCUT2D eigenvalue weighted by molar-refractivity contribution is -0.384. The van der Waals surface area contributed by atoms with Crippen LogP contribution in [0, 0.1) is 22.0 Å². The molecule has 1 amide bonds. The number of amides is 1.